The number of carboxylic acids is 1. The number of carbonyl (C=O) groups excluding carboxylic acids is 3. The van der Waals surface area contributed by atoms with Gasteiger partial charge < -0.3 is 26.0 Å². The molecule has 0 bridgehead atoms. The number of aromatic hydroxyl groups is 2. The molecule has 0 radical (unpaired) electrons. The van der Waals surface area contributed by atoms with Gasteiger partial charge in [0, 0.05) is 29.1 Å². The van der Waals surface area contributed by atoms with Crippen LogP contribution in [0.5, 0.6) is 11.5 Å². The Morgan fingerprint density at radius 1 is 0.700 bits per heavy atom. The van der Waals surface area contributed by atoms with Crippen molar-refractivity contribution in [3.8, 4) is 22.6 Å². The highest BCUT2D eigenvalue weighted by Gasteiger charge is 2.30. The minimum absolute atomic E-state index is 0.0686. The van der Waals surface area contributed by atoms with E-state index in [0.29, 0.717) is 0 Å². The van der Waals surface area contributed by atoms with Gasteiger partial charge in [-0.1, -0.05) is 24.3 Å². The maximum absolute atomic E-state index is 13.4. The van der Waals surface area contributed by atoms with Crippen molar-refractivity contribution in [2.45, 2.75) is 0 Å². The number of hydrogen-bond donors (Lipinski definition) is 7. The van der Waals surface area contributed by atoms with E-state index in [-0.39, 0.29) is 56.3 Å². The number of nitrogens with one attached hydrogen (secondary N) is 4. The van der Waals surface area contributed by atoms with Crippen molar-refractivity contribution in [3.05, 3.63) is 107 Å². The molecule has 1 heterocycles. The molecule has 1 aliphatic rings. The highest BCUT2D eigenvalue weighted by atomic mass is 16.4. The number of carbonyl (C=O) groups is 4. The summed E-state index contributed by atoms with van der Waals surface area (Å²) in [6.45, 7) is 0. The predicted octanol–water partition coefficient (Wildman–Crippen LogP) is 4.04. The van der Waals surface area contributed by atoms with Gasteiger partial charge in [-0.15, -0.1) is 0 Å². The van der Waals surface area contributed by atoms with E-state index in [4.69, 9.17) is 5.41 Å². The lowest BCUT2D eigenvalue weighted by Gasteiger charge is -2.19. The molecule has 11 nitrogen and oxygen atoms in total. The first-order valence-electron chi connectivity index (χ1n) is 11.8. The summed E-state index contributed by atoms with van der Waals surface area (Å²) in [5, 5.41) is 46.2. The maximum atomic E-state index is 13.4. The smallest absolute Gasteiger partial charge is 0.337 e. The number of rotatable bonds is 6. The second-order valence-corrected chi connectivity index (χ2v) is 8.81. The van der Waals surface area contributed by atoms with Crippen LogP contribution in [0, 0.1) is 5.41 Å². The van der Waals surface area contributed by atoms with Crippen LogP contribution in [0.4, 0.5) is 11.4 Å². The van der Waals surface area contributed by atoms with Crippen LogP contribution in [-0.4, -0.2) is 44.8 Å². The topological polar surface area (TPSA) is 189 Å². The van der Waals surface area contributed by atoms with Gasteiger partial charge in [0.1, 0.15) is 17.3 Å². The summed E-state index contributed by atoms with van der Waals surface area (Å²) in [6, 6.07) is 18.5. The van der Waals surface area contributed by atoms with Gasteiger partial charge in [0.2, 0.25) is 0 Å². The molecule has 0 atom stereocenters. The first-order valence-corrected chi connectivity index (χ1v) is 11.8. The third kappa shape index (κ3) is 4.82. The van der Waals surface area contributed by atoms with Crippen molar-refractivity contribution < 1.29 is 34.5 Å². The molecule has 40 heavy (non-hydrogen) atoms. The zero-order chi connectivity index (χ0) is 28.6. The summed E-state index contributed by atoms with van der Waals surface area (Å²) >= 11 is 0. The first kappa shape index (κ1) is 25.7. The fourth-order valence-electron chi connectivity index (χ4n) is 4.42. The average molecular weight is 537 g/mol. The van der Waals surface area contributed by atoms with Crippen molar-refractivity contribution in [2.24, 2.45) is 0 Å². The van der Waals surface area contributed by atoms with E-state index in [9.17, 15) is 34.5 Å². The molecule has 4 aromatic rings. The van der Waals surface area contributed by atoms with Crippen LogP contribution in [0.25, 0.3) is 11.1 Å². The number of phenols is 2. The van der Waals surface area contributed by atoms with Gasteiger partial charge in [-0.2, -0.15) is 0 Å². The number of aromatic carboxylic acids is 1. The summed E-state index contributed by atoms with van der Waals surface area (Å²) < 4.78 is 0. The minimum Gasteiger partial charge on any atom is -0.508 e. The number of carboxylic acid groups (broad SMARTS) is 1. The fraction of sp³-hybridized carbons (Fsp3) is 0. The molecular weight excluding hydrogens is 516 g/mol. The summed E-state index contributed by atoms with van der Waals surface area (Å²) in [5.41, 5.74) is 0.220. The van der Waals surface area contributed by atoms with Gasteiger partial charge in [-0.3, -0.25) is 25.1 Å². The second kappa shape index (κ2) is 10.1. The Labute approximate surface area is 226 Å². The van der Waals surface area contributed by atoms with E-state index in [1.807, 2.05) is 0 Å². The van der Waals surface area contributed by atoms with Crippen molar-refractivity contribution in [2.75, 3.05) is 10.6 Å². The van der Waals surface area contributed by atoms with Crippen LogP contribution in [0.3, 0.4) is 0 Å². The second-order valence-electron chi connectivity index (χ2n) is 8.81. The molecule has 198 valence electrons. The van der Waals surface area contributed by atoms with Crippen molar-refractivity contribution in [1.29, 1.82) is 5.41 Å². The molecule has 0 aliphatic carbocycles. The number of phenolic OH excluding ortho intramolecular Hbond substituents is 2. The average Bonchev–Trinajstić information content (AvgIpc) is 3.20. The summed E-state index contributed by atoms with van der Waals surface area (Å²) in [6.07, 6.45) is 0. The zero-order valence-corrected chi connectivity index (χ0v) is 20.5. The largest absolute Gasteiger partial charge is 0.508 e. The Balaban J connectivity index is 1.67. The van der Waals surface area contributed by atoms with Crippen LogP contribution < -0.4 is 16.0 Å². The summed E-state index contributed by atoms with van der Waals surface area (Å²) in [5.74, 6) is -4.06. The van der Waals surface area contributed by atoms with Crippen molar-refractivity contribution in [1.82, 2.24) is 5.32 Å². The van der Waals surface area contributed by atoms with Crippen LogP contribution >= 0.6 is 0 Å². The molecule has 0 unspecified atom stereocenters. The van der Waals surface area contributed by atoms with E-state index in [2.05, 4.69) is 16.0 Å². The van der Waals surface area contributed by atoms with Crippen LogP contribution in [0.2, 0.25) is 0 Å². The summed E-state index contributed by atoms with van der Waals surface area (Å²) in [7, 11) is 0. The zero-order valence-electron chi connectivity index (χ0n) is 20.5. The number of benzene rings is 4. The van der Waals surface area contributed by atoms with E-state index in [1.165, 1.54) is 72.8 Å². The molecule has 0 spiro atoms. The molecule has 1 aliphatic heterocycles. The number of fused-ring (bicyclic) bond motifs is 1. The third-order valence-corrected chi connectivity index (χ3v) is 6.18. The Kier molecular flexibility index (Phi) is 6.46. The number of amides is 3. The lowest BCUT2D eigenvalue weighted by atomic mass is 9.89. The third-order valence-electron chi connectivity index (χ3n) is 6.18. The molecule has 0 aromatic heterocycles. The number of imide groups is 1. The predicted molar refractivity (Wildman–Crippen MR) is 145 cm³/mol. The highest BCUT2D eigenvalue weighted by Crippen LogP contribution is 2.33. The number of amidine groups is 1. The molecule has 0 fully saturated rings. The molecule has 4 aromatic carbocycles. The lowest BCUT2D eigenvalue weighted by molar-refractivity contribution is 0.0696. The molecular formula is C29H20N4O7. The van der Waals surface area contributed by atoms with Crippen molar-refractivity contribution in [3.63, 3.8) is 0 Å². The monoisotopic (exact) mass is 536 g/mol. The molecule has 0 saturated carbocycles. The quantitative estimate of drug-likeness (QED) is 0.109. The molecule has 7 N–H and O–H groups in total. The number of anilines is 2. The van der Waals surface area contributed by atoms with Gasteiger partial charge in [0.05, 0.1) is 22.3 Å². The van der Waals surface area contributed by atoms with Gasteiger partial charge in [0.15, 0.2) is 0 Å². The van der Waals surface area contributed by atoms with Gasteiger partial charge in [-0.25, -0.2) is 4.79 Å². The van der Waals surface area contributed by atoms with Gasteiger partial charge in [-0.05, 0) is 53.6 Å². The molecule has 5 rings (SSSR count). The molecule has 0 saturated heterocycles. The van der Waals surface area contributed by atoms with Crippen LogP contribution in [-0.2, 0) is 0 Å². The van der Waals surface area contributed by atoms with Crippen LogP contribution in [0.15, 0.2) is 78.9 Å². The highest BCUT2D eigenvalue weighted by molar-refractivity contribution is 6.23. The minimum atomic E-state index is -1.46. The normalized spacial score (nSPS) is 11.9. The van der Waals surface area contributed by atoms with Crippen molar-refractivity contribution >= 4 is 40.9 Å². The maximum Gasteiger partial charge on any atom is 0.337 e. The Bertz CT molecular complexity index is 1760. The standard InChI is InChI=1S/C29H20N4O7/c30-25(31-15-3-1-5-17(34)12-15)23-21(27(37)32-16-4-2-6-18(35)13-16)10-9-19(24(23)29(39)40)14-7-8-20-22(11-14)28(38)33-26(20)36/h1-13,34-35H,(H2,30,31)(H,32,37)(H,39,40)(H,33,36,38). The summed E-state index contributed by atoms with van der Waals surface area (Å²) in [4.78, 5) is 50.3. The lowest BCUT2D eigenvalue weighted by Crippen LogP contribution is -2.24. The Morgan fingerprint density at radius 3 is 1.93 bits per heavy atom. The number of hydrogen-bond acceptors (Lipinski definition) is 7. The van der Waals surface area contributed by atoms with Gasteiger partial charge >= 0.3 is 5.97 Å². The Morgan fingerprint density at radius 2 is 1.30 bits per heavy atom. The van der Waals surface area contributed by atoms with E-state index in [0.717, 1.165) is 0 Å². The molecule has 11 heteroatoms. The van der Waals surface area contributed by atoms with Crippen LogP contribution in [0.1, 0.15) is 47.0 Å². The Hall–Kier alpha value is -5.97. The van der Waals surface area contributed by atoms with Gasteiger partial charge in [0.25, 0.3) is 17.7 Å². The first-order chi connectivity index (χ1) is 19.1. The SMILES string of the molecule is N=C(Nc1cccc(O)c1)c1c(C(=O)Nc2cccc(O)c2)ccc(-c2ccc3c(c2)C(=O)NC3=O)c1C(=O)O. The van der Waals surface area contributed by atoms with E-state index >= 15 is 0 Å². The van der Waals surface area contributed by atoms with E-state index < -0.39 is 35.1 Å². The molecule has 3 amide bonds. The van der Waals surface area contributed by atoms with E-state index in [1.54, 1.807) is 6.07 Å². The fourth-order valence-corrected chi connectivity index (χ4v) is 4.42.